The van der Waals surface area contributed by atoms with E-state index in [-0.39, 0.29) is 11.5 Å². The Kier molecular flexibility index (Phi) is 5.64. The van der Waals surface area contributed by atoms with Crippen LogP contribution in [-0.4, -0.2) is 17.0 Å². The summed E-state index contributed by atoms with van der Waals surface area (Å²) >= 11 is 0. The molecule has 0 aliphatic heterocycles. The number of carbonyl (C=O) groups excluding carboxylic acids is 1. The summed E-state index contributed by atoms with van der Waals surface area (Å²) in [7, 11) is 0. The third-order valence-electron chi connectivity index (χ3n) is 9.90. The largest absolute Gasteiger partial charge is 0.389 e. The Labute approximate surface area is 178 Å². The number of fused-ring (bicyclic) bond motifs is 5. The third kappa shape index (κ3) is 3.48. The van der Waals surface area contributed by atoms with Gasteiger partial charge in [-0.1, -0.05) is 52.3 Å². The Morgan fingerprint density at radius 1 is 1.00 bits per heavy atom. The quantitative estimate of drug-likeness (QED) is 0.561. The number of carbonyl (C=O) groups is 1. The van der Waals surface area contributed by atoms with E-state index in [1.54, 1.807) is 0 Å². The van der Waals surface area contributed by atoms with Gasteiger partial charge < -0.3 is 5.11 Å². The van der Waals surface area contributed by atoms with Gasteiger partial charge in [-0.3, -0.25) is 4.79 Å². The Morgan fingerprint density at radius 2 is 1.76 bits per heavy atom. The SMILES string of the molecule is CC(C)C=C[C@H](O)[C@@H](C)[C@H]1CC[C@H]2[C@@H]3CCC4=CC(=O)CC[C@]4(C)[C@H]3CC[C@]12C. The van der Waals surface area contributed by atoms with Gasteiger partial charge in [-0.2, -0.15) is 0 Å². The zero-order valence-corrected chi connectivity index (χ0v) is 19.3. The molecule has 4 aliphatic carbocycles. The van der Waals surface area contributed by atoms with Crippen LogP contribution < -0.4 is 0 Å². The Morgan fingerprint density at radius 3 is 2.48 bits per heavy atom. The fraction of sp³-hybridized carbons (Fsp3) is 0.815. The molecule has 0 saturated heterocycles. The van der Waals surface area contributed by atoms with Crippen LogP contribution in [0, 0.1) is 46.3 Å². The average molecular weight is 399 g/mol. The molecule has 0 aromatic heterocycles. The fourth-order valence-corrected chi connectivity index (χ4v) is 8.21. The van der Waals surface area contributed by atoms with Gasteiger partial charge in [0.2, 0.25) is 0 Å². The molecule has 0 spiro atoms. The Hall–Kier alpha value is -0.890. The first-order valence-corrected chi connectivity index (χ1v) is 12.3. The van der Waals surface area contributed by atoms with Gasteiger partial charge in [-0.05, 0) is 97.4 Å². The predicted molar refractivity (Wildman–Crippen MR) is 119 cm³/mol. The van der Waals surface area contributed by atoms with Crippen LogP contribution in [0.5, 0.6) is 0 Å². The molecule has 0 unspecified atom stereocenters. The molecule has 4 aliphatic rings. The molecule has 3 saturated carbocycles. The molecule has 0 radical (unpaired) electrons. The first-order chi connectivity index (χ1) is 13.7. The van der Waals surface area contributed by atoms with E-state index in [1.807, 2.05) is 6.08 Å². The first kappa shape index (κ1) is 21.3. The molecule has 8 atom stereocenters. The molecule has 0 heterocycles. The summed E-state index contributed by atoms with van der Waals surface area (Å²) in [6.07, 6.45) is 15.3. The van der Waals surface area contributed by atoms with Gasteiger partial charge in [0.15, 0.2) is 5.78 Å². The molecule has 3 fully saturated rings. The number of aliphatic hydroxyl groups excluding tert-OH is 1. The summed E-state index contributed by atoms with van der Waals surface area (Å²) in [6, 6.07) is 0. The highest BCUT2D eigenvalue weighted by atomic mass is 16.3. The first-order valence-electron chi connectivity index (χ1n) is 12.3. The zero-order valence-electron chi connectivity index (χ0n) is 19.3. The van der Waals surface area contributed by atoms with Crippen LogP contribution in [0.1, 0.15) is 86.0 Å². The molecule has 2 nitrogen and oxygen atoms in total. The van der Waals surface area contributed by atoms with E-state index in [4.69, 9.17) is 0 Å². The summed E-state index contributed by atoms with van der Waals surface area (Å²) in [5.41, 5.74) is 2.10. The highest BCUT2D eigenvalue weighted by Gasteiger charge is 2.59. The van der Waals surface area contributed by atoms with Gasteiger partial charge in [0, 0.05) is 6.42 Å². The van der Waals surface area contributed by atoms with E-state index in [0.717, 1.165) is 37.0 Å². The minimum Gasteiger partial charge on any atom is -0.389 e. The Balaban J connectivity index is 1.55. The second-order valence-electron chi connectivity index (χ2n) is 11.7. The smallest absolute Gasteiger partial charge is 0.155 e. The molecule has 1 N–H and O–H groups in total. The van der Waals surface area contributed by atoms with Crippen molar-refractivity contribution in [3.8, 4) is 0 Å². The second-order valence-corrected chi connectivity index (χ2v) is 11.7. The topological polar surface area (TPSA) is 37.3 Å². The van der Waals surface area contributed by atoms with Crippen molar-refractivity contribution in [3.63, 3.8) is 0 Å². The predicted octanol–water partition coefficient (Wildman–Crippen LogP) is 6.34. The van der Waals surface area contributed by atoms with Crippen LogP contribution >= 0.6 is 0 Å². The van der Waals surface area contributed by atoms with Crippen molar-refractivity contribution < 1.29 is 9.90 Å². The van der Waals surface area contributed by atoms with Crippen molar-refractivity contribution in [3.05, 3.63) is 23.8 Å². The standard InChI is InChI=1S/C27H42O2/c1-17(2)6-11-25(29)18(3)22-9-10-23-21-8-7-19-16-20(28)12-14-26(19,4)24(21)13-15-27(22,23)5/h6,11,16-18,21-25,29H,7-10,12-15H2,1-5H3/t18-,21-,22+,23-,24-,25-,26-,27+/m0/s1. The van der Waals surface area contributed by atoms with Gasteiger partial charge in [0.25, 0.3) is 0 Å². The van der Waals surface area contributed by atoms with Crippen molar-refractivity contribution in [2.75, 3.05) is 0 Å². The second kappa shape index (κ2) is 7.66. The number of aliphatic hydroxyl groups is 1. The van der Waals surface area contributed by atoms with E-state index < -0.39 is 0 Å². The lowest BCUT2D eigenvalue weighted by Crippen LogP contribution is -2.51. The molecule has 162 valence electrons. The van der Waals surface area contributed by atoms with E-state index in [9.17, 15) is 9.90 Å². The van der Waals surface area contributed by atoms with Crippen molar-refractivity contribution in [2.45, 2.75) is 92.1 Å². The van der Waals surface area contributed by atoms with Gasteiger partial charge >= 0.3 is 0 Å². The van der Waals surface area contributed by atoms with Crippen LogP contribution in [0.3, 0.4) is 0 Å². The summed E-state index contributed by atoms with van der Waals surface area (Å²) < 4.78 is 0. The number of hydrogen-bond donors (Lipinski definition) is 1. The molecular formula is C27H42O2. The van der Waals surface area contributed by atoms with Crippen molar-refractivity contribution >= 4 is 5.78 Å². The maximum absolute atomic E-state index is 12.0. The third-order valence-corrected chi connectivity index (χ3v) is 9.90. The lowest BCUT2D eigenvalue weighted by atomic mass is 9.46. The van der Waals surface area contributed by atoms with E-state index in [0.29, 0.717) is 29.0 Å². The Bertz CT molecular complexity index is 703. The zero-order chi connectivity index (χ0) is 21.0. The summed E-state index contributed by atoms with van der Waals surface area (Å²) in [5, 5.41) is 10.9. The van der Waals surface area contributed by atoms with Crippen LogP contribution in [0.2, 0.25) is 0 Å². The summed E-state index contributed by atoms with van der Waals surface area (Å²) in [5.74, 6) is 4.17. The highest BCUT2D eigenvalue weighted by Crippen LogP contribution is 2.67. The van der Waals surface area contributed by atoms with Crippen LogP contribution in [0.4, 0.5) is 0 Å². The van der Waals surface area contributed by atoms with Crippen LogP contribution in [0.15, 0.2) is 23.8 Å². The van der Waals surface area contributed by atoms with Crippen molar-refractivity contribution in [1.82, 2.24) is 0 Å². The molecule has 4 rings (SSSR count). The van der Waals surface area contributed by atoms with Gasteiger partial charge in [-0.25, -0.2) is 0 Å². The van der Waals surface area contributed by atoms with Crippen LogP contribution in [-0.2, 0) is 4.79 Å². The molecule has 2 heteroatoms. The highest BCUT2D eigenvalue weighted by molar-refractivity contribution is 5.91. The monoisotopic (exact) mass is 398 g/mol. The van der Waals surface area contributed by atoms with Crippen LogP contribution in [0.25, 0.3) is 0 Å². The van der Waals surface area contributed by atoms with E-state index in [1.165, 1.54) is 37.7 Å². The summed E-state index contributed by atoms with van der Waals surface area (Å²) in [6.45, 7) is 11.7. The normalized spacial score (nSPS) is 44.2. The fourth-order valence-electron chi connectivity index (χ4n) is 8.21. The van der Waals surface area contributed by atoms with Crippen molar-refractivity contribution in [2.24, 2.45) is 46.3 Å². The minimum atomic E-state index is -0.321. The number of allylic oxidation sites excluding steroid dienone is 2. The van der Waals surface area contributed by atoms with E-state index in [2.05, 4.69) is 46.8 Å². The maximum atomic E-state index is 12.0. The maximum Gasteiger partial charge on any atom is 0.155 e. The van der Waals surface area contributed by atoms with Gasteiger partial charge in [0.05, 0.1) is 6.10 Å². The number of hydrogen-bond acceptors (Lipinski definition) is 2. The number of ketones is 1. The number of rotatable bonds is 4. The van der Waals surface area contributed by atoms with Crippen molar-refractivity contribution in [1.29, 1.82) is 0 Å². The van der Waals surface area contributed by atoms with E-state index >= 15 is 0 Å². The lowest BCUT2D eigenvalue weighted by Gasteiger charge is -2.58. The molecule has 29 heavy (non-hydrogen) atoms. The van der Waals surface area contributed by atoms with Gasteiger partial charge in [0.1, 0.15) is 0 Å². The lowest BCUT2D eigenvalue weighted by molar-refractivity contribution is -0.117. The molecule has 0 aromatic rings. The molecular weight excluding hydrogens is 356 g/mol. The molecule has 0 bridgehead atoms. The average Bonchev–Trinajstić information content (AvgIpc) is 3.03. The molecule has 0 aromatic carbocycles. The molecule has 0 amide bonds. The minimum absolute atomic E-state index is 0.265. The van der Waals surface area contributed by atoms with Gasteiger partial charge in [-0.15, -0.1) is 0 Å². The summed E-state index contributed by atoms with van der Waals surface area (Å²) in [4.78, 5) is 12.0.